The molecule has 0 aliphatic carbocycles. The molecule has 1 aromatic carbocycles. The van der Waals surface area contributed by atoms with Crippen LogP contribution in [0, 0.1) is 13.8 Å². The van der Waals surface area contributed by atoms with Crippen LogP contribution in [0.25, 0.3) is 0 Å². The molecule has 0 amide bonds. The lowest BCUT2D eigenvalue weighted by Gasteiger charge is -2.22. The van der Waals surface area contributed by atoms with Crippen molar-refractivity contribution in [3.05, 3.63) is 47.4 Å². The fourth-order valence-electron chi connectivity index (χ4n) is 2.05. The highest BCUT2D eigenvalue weighted by atomic mass is 32.1. The lowest BCUT2D eigenvalue weighted by molar-refractivity contribution is 1.07. The van der Waals surface area contributed by atoms with Crippen LogP contribution in [0.5, 0.6) is 0 Å². The van der Waals surface area contributed by atoms with Crippen molar-refractivity contribution in [2.75, 3.05) is 11.9 Å². The Morgan fingerprint density at radius 2 is 1.89 bits per heavy atom. The standard InChI is InChI=1S/C14H16N4S/c1-9-4-5-11(10(2)8-9)18(3)14-12(13(15)19)16-6-7-17-14/h4-8H,1-3H3,(H2,15,19). The van der Waals surface area contributed by atoms with Gasteiger partial charge in [-0.15, -0.1) is 0 Å². The van der Waals surface area contributed by atoms with E-state index in [1.807, 2.05) is 11.9 Å². The molecule has 0 aliphatic rings. The van der Waals surface area contributed by atoms with Crippen molar-refractivity contribution >= 4 is 28.7 Å². The van der Waals surface area contributed by atoms with E-state index in [1.165, 1.54) is 11.1 Å². The van der Waals surface area contributed by atoms with Gasteiger partial charge < -0.3 is 10.6 Å². The number of nitrogens with two attached hydrogens (primary N) is 1. The largest absolute Gasteiger partial charge is 0.388 e. The number of rotatable bonds is 3. The zero-order valence-electron chi connectivity index (χ0n) is 11.2. The maximum atomic E-state index is 5.69. The topological polar surface area (TPSA) is 55.0 Å². The predicted octanol–water partition coefficient (Wildman–Crippen LogP) is 2.50. The summed E-state index contributed by atoms with van der Waals surface area (Å²) < 4.78 is 0. The van der Waals surface area contributed by atoms with Crippen LogP contribution in [0.1, 0.15) is 16.8 Å². The van der Waals surface area contributed by atoms with Crippen molar-refractivity contribution in [2.24, 2.45) is 5.73 Å². The molecule has 19 heavy (non-hydrogen) atoms. The number of aryl methyl sites for hydroxylation is 2. The minimum Gasteiger partial charge on any atom is -0.388 e. The molecule has 98 valence electrons. The third-order valence-corrected chi connectivity index (χ3v) is 3.14. The molecular weight excluding hydrogens is 256 g/mol. The van der Waals surface area contributed by atoms with Gasteiger partial charge in [0.15, 0.2) is 5.82 Å². The molecule has 0 spiro atoms. The average Bonchev–Trinajstić information content (AvgIpc) is 2.38. The second-order valence-electron chi connectivity index (χ2n) is 4.44. The third kappa shape index (κ3) is 2.71. The number of hydrogen-bond acceptors (Lipinski definition) is 4. The van der Waals surface area contributed by atoms with Gasteiger partial charge in [0, 0.05) is 25.1 Å². The van der Waals surface area contributed by atoms with Crippen LogP contribution in [-0.4, -0.2) is 22.0 Å². The first kappa shape index (κ1) is 13.4. The van der Waals surface area contributed by atoms with Gasteiger partial charge in [-0.3, -0.25) is 0 Å². The molecule has 2 rings (SSSR count). The van der Waals surface area contributed by atoms with Crippen LogP contribution < -0.4 is 10.6 Å². The zero-order chi connectivity index (χ0) is 14.0. The Morgan fingerprint density at radius 1 is 1.21 bits per heavy atom. The first-order valence-corrected chi connectivity index (χ1v) is 6.33. The SMILES string of the molecule is Cc1ccc(N(C)c2nccnc2C(N)=S)c(C)c1. The van der Waals surface area contributed by atoms with E-state index in [-0.39, 0.29) is 4.99 Å². The molecule has 1 heterocycles. The van der Waals surface area contributed by atoms with E-state index in [0.29, 0.717) is 11.5 Å². The van der Waals surface area contributed by atoms with Crippen LogP contribution in [0.15, 0.2) is 30.6 Å². The number of nitrogens with zero attached hydrogens (tertiary/aromatic N) is 3. The number of anilines is 2. The molecule has 0 unspecified atom stereocenters. The minimum absolute atomic E-state index is 0.250. The van der Waals surface area contributed by atoms with Crippen molar-refractivity contribution in [1.82, 2.24) is 9.97 Å². The Bertz CT molecular complexity index is 625. The van der Waals surface area contributed by atoms with E-state index in [2.05, 4.69) is 42.0 Å². The molecule has 0 atom stereocenters. The molecule has 4 nitrogen and oxygen atoms in total. The summed E-state index contributed by atoms with van der Waals surface area (Å²) in [6.07, 6.45) is 3.23. The molecule has 1 aromatic heterocycles. The van der Waals surface area contributed by atoms with E-state index in [0.717, 1.165) is 5.69 Å². The summed E-state index contributed by atoms with van der Waals surface area (Å²) in [5.41, 5.74) is 9.69. The minimum atomic E-state index is 0.250. The van der Waals surface area contributed by atoms with Gasteiger partial charge in [0.2, 0.25) is 0 Å². The summed E-state index contributed by atoms with van der Waals surface area (Å²) in [5.74, 6) is 0.668. The summed E-state index contributed by atoms with van der Waals surface area (Å²) in [4.78, 5) is 10.7. The molecule has 0 aliphatic heterocycles. The van der Waals surface area contributed by atoms with Crippen LogP contribution in [-0.2, 0) is 0 Å². The van der Waals surface area contributed by atoms with Crippen LogP contribution in [0.2, 0.25) is 0 Å². The molecule has 0 saturated heterocycles. The van der Waals surface area contributed by atoms with E-state index in [1.54, 1.807) is 12.4 Å². The maximum Gasteiger partial charge on any atom is 0.161 e. The van der Waals surface area contributed by atoms with Gasteiger partial charge in [0.05, 0.1) is 0 Å². The normalized spacial score (nSPS) is 10.3. The lowest BCUT2D eigenvalue weighted by atomic mass is 10.1. The fraction of sp³-hybridized carbons (Fsp3) is 0.214. The smallest absolute Gasteiger partial charge is 0.161 e. The van der Waals surface area contributed by atoms with Crippen molar-refractivity contribution in [2.45, 2.75) is 13.8 Å². The molecule has 0 fully saturated rings. The summed E-state index contributed by atoms with van der Waals surface area (Å²) >= 11 is 5.02. The van der Waals surface area contributed by atoms with Gasteiger partial charge in [-0.1, -0.05) is 29.9 Å². The summed E-state index contributed by atoms with van der Waals surface area (Å²) in [7, 11) is 1.93. The van der Waals surface area contributed by atoms with Crippen molar-refractivity contribution < 1.29 is 0 Å². The summed E-state index contributed by atoms with van der Waals surface area (Å²) in [5, 5.41) is 0. The Kier molecular flexibility index (Phi) is 3.76. The first-order chi connectivity index (χ1) is 9.00. The number of hydrogen-bond donors (Lipinski definition) is 1. The van der Waals surface area contributed by atoms with E-state index < -0.39 is 0 Å². The van der Waals surface area contributed by atoms with Gasteiger partial charge in [0.1, 0.15) is 10.7 Å². The van der Waals surface area contributed by atoms with Gasteiger partial charge in [-0.05, 0) is 25.5 Å². The molecule has 2 aromatic rings. The summed E-state index contributed by atoms with van der Waals surface area (Å²) in [6, 6.07) is 6.25. The Morgan fingerprint density at radius 3 is 2.53 bits per heavy atom. The Hall–Kier alpha value is -2.01. The van der Waals surface area contributed by atoms with E-state index in [9.17, 15) is 0 Å². The van der Waals surface area contributed by atoms with Crippen molar-refractivity contribution in [1.29, 1.82) is 0 Å². The number of thiocarbonyl (C=S) groups is 1. The second-order valence-corrected chi connectivity index (χ2v) is 4.88. The Labute approximate surface area is 118 Å². The van der Waals surface area contributed by atoms with Crippen LogP contribution >= 0.6 is 12.2 Å². The molecule has 0 bridgehead atoms. The second kappa shape index (κ2) is 5.32. The third-order valence-electron chi connectivity index (χ3n) is 2.94. The molecule has 0 saturated carbocycles. The monoisotopic (exact) mass is 272 g/mol. The van der Waals surface area contributed by atoms with Crippen molar-refractivity contribution in [3.63, 3.8) is 0 Å². The summed E-state index contributed by atoms with van der Waals surface area (Å²) in [6.45, 7) is 4.13. The van der Waals surface area contributed by atoms with E-state index >= 15 is 0 Å². The van der Waals surface area contributed by atoms with Gasteiger partial charge in [0.25, 0.3) is 0 Å². The van der Waals surface area contributed by atoms with Gasteiger partial charge in [-0.2, -0.15) is 0 Å². The highest BCUT2D eigenvalue weighted by molar-refractivity contribution is 7.80. The zero-order valence-corrected chi connectivity index (χ0v) is 12.0. The number of aromatic nitrogens is 2. The first-order valence-electron chi connectivity index (χ1n) is 5.92. The number of benzene rings is 1. The molecule has 2 N–H and O–H groups in total. The maximum absolute atomic E-state index is 5.69. The Balaban J connectivity index is 2.50. The lowest BCUT2D eigenvalue weighted by Crippen LogP contribution is -2.21. The highest BCUT2D eigenvalue weighted by Crippen LogP contribution is 2.27. The van der Waals surface area contributed by atoms with Gasteiger partial charge in [-0.25, -0.2) is 9.97 Å². The van der Waals surface area contributed by atoms with E-state index in [4.69, 9.17) is 18.0 Å². The fourth-order valence-corrected chi connectivity index (χ4v) is 2.19. The highest BCUT2D eigenvalue weighted by Gasteiger charge is 2.15. The quantitative estimate of drug-likeness (QED) is 0.870. The molecule has 0 radical (unpaired) electrons. The molecular formula is C14H16N4S. The van der Waals surface area contributed by atoms with Gasteiger partial charge >= 0.3 is 0 Å². The van der Waals surface area contributed by atoms with Crippen molar-refractivity contribution in [3.8, 4) is 0 Å². The molecule has 5 heteroatoms. The predicted molar refractivity (Wildman–Crippen MR) is 81.9 cm³/mol. The van der Waals surface area contributed by atoms with Crippen LogP contribution in [0.3, 0.4) is 0 Å². The van der Waals surface area contributed by atoms with Crippen LogP contribution in [0.4, 0.5) is 11.5 Å². The average molecular weight is 272 g/mol.